The Morgan fingerprint density at radius 1 is 0.900 bits per heavy atom. The van der Waals surface area contributed by atoms with E-state index in [1.807, 2.05) is 0 Å². The number of hydrogen-bond acceptors (Lipinski definition) is 2. The van der Waals surface area contributed by atoms with E-state index < -0.39 is 35.6 Å². The highest BCUT2D eigenvalue weighted by Crippen LogP contribution is 2.29. The van der Waals surface area contributed by atoms with Crippen molar-refractivity contribution in [1.29, 1.82) is 0 Å². The van der Waals surface area contributed by atoms with Gasteiger partial charge in [0.25, 0.3) is 5.91 Å². The summed E-state index contributed by atoms with van der Waals surface area (Å²) in [5.74, 6) is -0.910. The van der Waals surface area contributed by atoms with Gasteiger partial charge in [-0.05, 0) is 53.9 Å². The fourth-order valence-electron chi connectivity index (χ4n) is 3.06. The van der Waals surface area contributed by atoms with Gasteiger partial charge in [0.2, 0.25) is 0 Å². The van der Waals surface area contributed by atoms with Crippen molar-refractivity contribution in [3.8, 4) is 0 Å². The normalized spacial score (nSPS) is 13.5. The number of halogens is 4. The third-order valence-electron chi connectivity index (χ3n) is 4.68. The summed E-state index contributed by atoms with van der Waals surface area (Å²) in [6.07, 6.45) is -5.57. The first-order chi connectivity index (χ1) is 14.2. The van der Waals surface area contributed by atoms with E-state index in [0.29, 0.717) is 16.7 Å². The standard InChI is InChI=1S/C23H19F4NO2/c24-19-12-8-16(9-13-19)21(29)20(28-22(30)17-4-2-1-3-5-17)14-15-6-10-18(11-7-15)23(25,26)27/h1-13,20-21,29H,14H2,(H,28,30). The van der Waals surface area contributed by atoms with Gasteiger partial charge in [-0.1, -0.05) is 42.5 Å². The Morgan fingerprint density at radius 2 is 1.50 bits per heavy atom. The van der Waals surface area contributed by atoms with Crippen molar-refractivity contribution in [2.24, 2.45) is 0 Å². The second kappa shape index (κ2) is 9.09. The number of amides is 1. The maximum Gasteiger partial charge on any atom is 0.416 e. The molecule has 3 nitrogen and oxygen atoms in total. The van der Waals surface area contributed by atoms with E-state index in [9.17, 15) is 27.5 Å². The van der Waals surface area contributed by atoms with Crippen LogP contribution in [0.1, 0.15) is 33.2 Å². The van der Waals surface area contributed by atoms with Gasteiger partial charge in [-0.15, -0.1) is 0 Å². The van der Waals surface area contributed by atoms with E-state index in [1.54, 1.807) is 30.3 Å². The van der Waals surface area contributed by atoms with Crippen molar-refractivity contribution in [2.75, 3.05) is 0 Å². The lowest BCUT2D eigenvalue weighted by Gasteiger charge is -2.25. The molecule has 0 heterocycles. The summed E-state index contributed by atoms with van der Waals surface area (Å²) >= 11 is 0. The van der Waals surface area contributed by atoms with Gasteiger partial charge >= 0.3 is 6.18 Å². The van der Waals surface area contributed by atoms with Crippen molar-refractivity contribution >= 4 is 5.91 Å². The largest absolute Gasteiger partial charge is 0.416 e. The number of hydrogen-bond donors (Lipinski definition) is 2. The zero-order valence-corrected chi connectivity index (χ0v) is 15.7. The molecule has 0 bridgehead atoms. The molecule has 0 aliphatic rings. The molecule has 156 valence electrons. The van der Waals surface area contributed by atoms with Gasteiger partial charge < -0.3 is 10.4 Å². The van der Waals surface area contributed by atoms with Crippen LogP contribution >= 0.6 is 0 Å². The summed E-state index contributed by atoms with van der Waals surface area (Å²) in [4.78, 5) is 12.6. The topological polar surface area (TPSA) is 49.3 Å². The number of aliphatic hydroxyl groups excluding tert-OH is 1. The molecule has 1 amide bonds. The zero-order valence-electron chi connectivity index (χ0n) is 15.7. The Kier molecular flexibility index (Phi) is 6.52. The Hall–Kier alpha value is -3.19. The Bertz CT molecular complexity index is 971. The van der Waals surface area contributed by atoms with E-state index >= 15 is 0 Å². The maximum atomic E-state index is 13.2. The number of benzene rings is 3. The number of rotatable bonds is 6. The van der Waals surface area contributed by atoms with Gasteiger partial charge in [0, 0.05) is 5.56 Å². The molecule has 0 spiro atoms. The second-order valence-corrected chi connectivity index (χ2v) is 6.84. The fourth-order valence-corrected chi connectivity index (χ4v) is 3.06. The highest BCUT2D eigenvalue weighted by molar-refractivity contribution is 5.94. The van der Waals surface area contributed by atoms with E-state index in [0.717, 1.165) is 12.1 Å². The Balaban J connectivity index is 1.84. The highest BCUT2D eigenvalue weighted by Gasteiger charge is 2.30. The average molecular weight is 417 g/mol. The molecule has 2 unspecified atom stereocenters. The van der Waals surface area contributed by atoms with Crippen molar-refractivity contribution < 1.29 is 27.5 Å². The molecule has 7 heteroatoms. The van der Waals surface area contributed by atoms with Gasteiger partial charge in [0.05, 0.1) is 17.7 Å². The Morgan fingerprint density at radius 3 is 2.07 bits per heavy atom. The van der Waals surface area contributed by atoms with Gasteiger partial charge in [0.15, 0.2) is 0 Å². The van der Waals surface area contributed by atoms with Crippen molar-refractivity contribution in [2.45, 2.75) is 24.7 Å². The first kappa shape index (κ1) is 21.5. The quantitative estimate of drug-likeness (QED) is 0.560. The minimum Gasteiger partial charge on any atom is -0.386 e. The van der Waals surface area contributed by atoms with Crippen LogP contribution in [0, 0.1) is 5.82 Å². The van der Waals surface area contributed by atoms with Crippen LogP contribution in [-0.2, 0) is 12.6 Å². The first-order valence-corrected chi connectivity index (χ1v) is 9.19. The lowest BCUT2D eigenvalue weighted by molar-refractivity contribution is -0.137. The molecule has 0 aliphatic carbocycles. The van der Waals surface area contributed by atoms with Crippen LogP contribution in [0.4, 0.5) is 17.6 Å². The summed E-state index contributed by atoms with van der Waals surface area (Å²) in [6.45, 7) is 0. The molecule has 0 fully saturated rings. The van der Waals surface area contributed by atoms with Crippen LogP contribution in [0.25, 0.3) is 0 Å². The molecule has 3 rings (SSSR count). The van der Waals surface area contributed by atoms with Crippen LogP contribution in [0.2, 0.25) is 0 Å². The molecule has 0 aromatic heterocycles. The molecule has 2 atom stereocenters. The summed E-state index contributed by atoms with van der Waals surface area (Å²) in [5, 5.41) is 13.5. The molecule has 30 heavy (non-hydrogen) atoms. The maximum absolute atomic E-state index is 13.2. The van der Waals surface area contributed by atoms with Gasteiger partial charge in [-0.2, -0.15) is 13.2 Å². The van der Waals surface area contributed by atoms with Crippen LogP contribution < -0.4 is 5.32 Å². The molecule has 3 aromatic carbocycles. The summed E-state index contributed by atoms with van der Waals surface area (Å²) in [5.41, 5.74) is 0.473. The lowest BCUT2D eigenvalue weighted by atomic mass is 9.95. The first-order valence-electron chi connectivity index (χ1n) is 9.19. The minimum atomic E-state index is -4.45. The van der Waals surface area contributed by atoms with E-state index in [-0.39, 0.29) is 6.42 Å². The van der Waals surface area contributed by atoms with Crippen LogP contribution in [0.5, 0.6) is 0 Å². The molecular formula is C23H19F4NO2. The fraction of sp³-hybridized carbons (Fsp3) is 0.174. The number of carbonyl (C=O) groups is 1. The predicted octanol–water partition coefficient (Wildman–Crippen LogP) is 4.92. The highest BCUT2D eigenvalue weighted by atomic mass is 19.4. The number of aliphatic hydroxyl groups is 1. The molecule has 2 N–H and O–H groups in total. The zero-order chi connectivity index (χ0) is 21.7. The third kappa shape index (κ3) is 5.45. The van der Waals surface area contributed by atoms with Crippen molar-refractivity contribution in [1.82, 2.24) is 5.32 Å². The smallest absolute Gasteiger partial charge is 0.386 e. The van der Waals surface area contributed by atoms with E-state index in [2.05, 4.69) is 5.32 Å². The number of nitrogens with one attached hydrogen (secondary N) is 1. The van der Waals surface area contributed by atoms with Gasteiger partial charge in [-0.3, -0.25) is 4.79 Å². The van der Waals surface area contributed by atoms with Crippen LogP contribution in [0.15, 0.2) is 78.9 Å². The average Bonchev–Trinajstić information content (AvgIpc) is 2.73. The van der Waals surface area contributed by atoms with Crippen LogP contribution in [0.3, 0.4) is 0 Å². The van der Waals surface area contributed by atoms with Crippen molar-refractivity contribution in [3.05, 3.63) is 107 Å². The lowest BCUT2D eigenvalue weighted by Crippen LogP contribution is -2.41. The summed E-state index contributed by atoms with van der Waals surface area (Å²) in [7, 11) is 0. The third-order valence-corrected chi connectivity index (χ3v) is 4.68. The number of carbonyl (C=O) groups excluding carboxylic acids is 1. The monoisotopic (exact) mass is 417 g/mol. The van der Waals surface area contributed by atoms with Crippen LogP contribution in [-0.4, -0.2) is 17.1 Å². The molecule has 0 aliphatic heterocycles. The van der Waals surface area contributed by atoms with Crippen molar-refractivity contribution in [3.63, 3.8) is 0 Å². The summed E-state index contributed by atoms with van der Waals surface area (Å²) in [6, 6.07) is 17.2. The number of alkyl halides is 3. The summed E-state index contributed by atoms with van der Waals surface area (Å²) < 4.78 is 51.6. The second-order valence-electron chi connectivity index (χ2n) is 6.84. The molecule has 3 aromatic rings. The minimum absolute atomic E-state index is 0.0786. The SMILES string of the molecule is O=C(NC(Cc1ccc(C(F)(F)F)cc1)C(O)c1ccc(F)cc1)c1ccccc1. The van der Waals surface area contributed by atoms with Gasteiger partial charge in [-0.25, -0.2) is 4.39 Å². The molecule has 0 radical (unpaired) electrons. The van der Waals surface area contributed by atoms with Gasteiger partial charge in [0.1, 0.15) is 5.82 Å². The Labute approximate surface area is 171 Å². The molecule has 0 saturated carbocycles. The van der Waals surface area contributed by atoms with E-state index in [4.69, 9.17) is 0 Å². The molecular weight excluding hydrogens is 398 g/mol. The van der Waals surface area contributed by atoms with E-state index in [1.165, 1.54) is 36.4 Å². The predicted molar refractivity (Wildman–Crippen MR) is 104 cm³/mol. The molecule has 0 saturated heterocycles.